The number of benzene rings is 2. The van der Waals surface area contributed by atoms with Crippen molar-refractivity contribution in [2.24, 2.45) is 0 Å². The van der Waals surface area contributed by atoms with Crippen LogP contribution in [0.25, 0.3) is 5.76 Å². The van der Waals surface area contributed by atoms with Crippen molar-refractivity contribution in [3.05, 3.63) is 58.1 Å². The Bertz CT molecular complexity index is 1420. The lowest BCUT2D eigenvalue weighted by molar-refractivity contribution is -0.132. The Morgan fingerprint density at radius 1 is 1.11 bits per heavy atom. The number of aryl methyl sites for hydroxylation is 1. The number of Topliss-reactive ketones (excluding diaryl/α,β-unsaturated/α-hetero) is 1. The van der Waals surface area contributed by atoms with Gasteiger partial charge in [-0.2, -0.15) is 0 Å². The van der Waals surface area contributed by atoms with Gasteiger partial charge in [0.05, 0.1) is 25.3 Å². The molecule has 2 aromatic carbocycles. The van der Waals surface area contributed by atoms with E-state index in [0.717, 1.165) is 12.8 Å². The van der Waals surface area contributed by atoms with Crippen LogP contribution in [0.15, 0.2) is 42.0 Å². The Hall–Kier alpha value is -4.12. The SMILES string of the molecule is CCCCOc1ccc(C2/C(=C(\O)c3ccc4c(c3)OCCO4)C(=O)C(=O)N2c2nnc(C)s2)cc1OC. The molecule has 1 atom stereocenters. The molecule has 1 aromatic heterocycles. The molecule has 2 aliphatic rings. The standard InChI is InChI=1S/C27H27N3O7S/c1-4-5-10-35-18-8-6-16(13-20(18)34-3)23-22(25(32)26(33)30(23)27-29-28-15(2)38-27)24(31)17-7-9-19-21(14-17)37-12-11-36-19/h6-9,13-14,23,31H,4-5,10-12H2,1-3H3/b24-22+. The molecule has 11 heteroatoms. The Kier molecular flexibility index (Phi) is 7.19. The van der Waals surface area contributed by atoms with Crippen molar-refractivity contribution in [3.8, 4) is 23.0 Å². The zero-order valence-electron chi connectivity index (χ0n) is 21.2. The van der Waals surface area contributed by atoms with E-state index >= 15 is 0 Å². The summed E-state index contributed by atoms with van der Waals surface area (Å²) in [5.41, 5.74) is 0.772. The number of hydrogen-bond acceptors (Lipinski definition) is 10. The molecule has 10 nitrogen and oxygen atoms in total. The fraction of sp³-hybridized carbons (Fsp3) is 0.333. The molecule has 5 rings (SSSR count). The fourth-order valence-electron chi connectivity index (χ4n) is 4.37. The molecule has 3 aromatic rings. The van der Waals surface area contributed by atoms with Gasteiger partial charge < -0.3 is 24.1 Å². The molecule has 1 unspecified atom stereocenters. The van der Waals surface area contributed by atoms with Crippen LogP contribution in [0, 0.1) is 6.92 Å². The number of anilines is 1. The number of aromatic nitrogens is 2. The molecule has 1 fully saturated rings. The van der Waals surface area contributed by atoms with E-state index in [1.165, 1.54) is 23.3 Å². The zero-order valence-corrected chi connectivity index (χ0v) is 22.0. The predicted molar refractivity (Wildman–Crippen MR) is 140 cm³/mol. The quantitative estimate of drug-likeness (QED) is 0.192. The lowest BCUT2D eigenvalue weighted by atomic mass is 9.95. The molecule has 1 amide bonds. The molecule has 0 spiro atoms. The van der Waals surface area contributed by atoms with Crippen LogP contribution in [0.2, 0.25) is 0 Å². The van der Waals surface area contributed by atoms with Gasteiger partial charge in [0.15, 0.2) is 23.0 Å². The van der Waals surface area contributed by atoms with Crippen molar-refractivity contribution in [2.75, 3.05) is 31.8 Å². The van der Waals surface area contributed by atoms with E-state index in [1.54, 1.807) is 43.3 Å². The molecule has 1 saturated heterocycles. The summed E-state index contributed by atoms with van der Waals surface area (Å²) in [6.45, 7) is 5.14. The minimum absolute atomic E-state index is 0.0822. The molecule has 2 aliphatic heterocycles. The highest BCUT2D eigenvalue weighted by Gasteiger charge is 2.48. The lowest BCUT2D eigenvalue weighted by Crippen LogP contribution is -2.29. The monoisotopic (exact) mass is 537 g/mol. The first-order valence-corrected chi connectivity index (χ1v) is 13.1. The minimum Gasteiger partial charge on any atom is -0.507 e. The smallest absolute Gasteiger partial charge is 0.301 e. The third kappa shape index (κ3) is 4.65. The van der Waals surface area contributed by atoms with Crippen molar-refractivity contribution < 1.29 is 33.6 Å². The first-order valence-electron chi connectivity index (χ1n) is 12.2. The van der Waals surface area contributed by atoms with Gasteiger partial charge in [-0.25, -0.2) is 0 Å². The zero-order chi connectivity index (χ0) is 26.8. The van der Waals surface area contributed by atoms with Gasteiger partial charge in [0.2, 0.25) is 5.13 Å². The van der Waals surface area contributed by atoms with Gasteiger partial charge in [0.25, 0.3) is 5.78 Å². The number of rotatable bonds is 8. The number of unbranched alkanes of at least 4 members (excludes halogenated alkanes) is 1. The number of aliphatic hydroxyl groups excluding tert-OH is 1. The average molecular weight is 538 g/mol. The van der Waals surface area contributed by atoms with Crippen LogP contribution < -0.4 is 23.8 Å². The van der Waals surface area contributed by atoms with E-state index < -0.39 is 17.7 Å². The van der Waals surface area contributed by atoms with E-state index in [1.807, 2.05) is 0 Å². The molecular weight excluding hydrogens is 510 g/mol. The summed E-state index contributed by atoms with van der Waals surface area (Å²) in [4.78, 5) is 28.0. The second-order valence-corrected chi connectivity index (χ2v) is 9.90. The van der Waals surface area contributed by atoms with Crippen molar-refractivity contribution in [1.82, 2.24) is 10.2 Å². The predicted octanol–water partition coefficient (Wildman–Crippen LogP) is 4.43. The number of carbonyl (C=O) groups is 2. The summed E-state index contributed by atoms with van der Waals surface area (Å²) in [5.74, 6) is -0.0166. The van der Waals surface area contributed by atoms with E-state index in [0.29, 0.717) is 59.0 Å². The second-order valence-electron chi connectivity index (χ2n) is 8.74. The van der Waals surface area contributed by atoms with E-state index in [-0.39, 0.29) is 16.5 Å². The summed E-state index contributed by atoms with van der Waals surface area (Å²) < 4.78 is 22.6. The number of methoxy groups -OCH3 is 1. The van der Waals surface area contributed by atoms with Crippen molar-refractivity contribution in [1.29, 1.82) is 0 Å². The average Bonchev–Trinajstić information content (AvgIpc) is 3.48. The third-order valence-electron chi connectivity index (χ3n) is 6.24. The van der Waals surface area contributed by atoms with Crippen LogP contribution in [0.3, 0.4) is 0 Å². The van der Waals surface area contributed by atoms with Crippen LogP contribution in [0.1, 0.15) is 41.9 Å². The highest BCUT2D eigenvalue weighted by atomic mass is 32.1. The summed E-state index contributed by atoms with van der Waals surface area (Å²) >= 11 is 1.18. The summed E-state index contributed by atoms with van der Waals surface area (Å²) in [7, 11) is 1.52. The van der Waals surface area contributed by atoms with Crippen LogP contribution in [-0.2, 0) is 9.59 Å². The number of fused-ring (bicyclic) bond motifs is 1. The first kappa shape index (κ1) is 25.5. The highest BCUT2D eigenvalue weighted by molar-refractivity contribution is 7.15. The van der Waals surface area contributed by atoms with Gasteiger partial charge in [-0.3, -0.25) is 14.5 Å². The number of amides is 1. The summed E-state index contributed by atoms with van der Waals surface area (Å²) in [5, 5.41) is 20.5. The Morgan fingerprint density at radius 3 is 2.61 bits per heavy atom. The normalized spacial score (nSPS) is 18.1. The molecule has 3 heterocycles. The van der Waals surface area contributed by atoms with Gasteiger partial charge in [0.1, 0.15) is 24.0 Å². The van der Waals surface area contributed by atoms with Crippen LogP contribution >= 0.6 is 11.3 Å². The van der Waals surface area contributed by atoms with Gasteiger partial charge >= 0.3 is 5.91 Å². The second kappa shape index (κ2) is 10.7. The molecule has 38 heavy (non-hydrogen) atoms. The maximum Gasteiger partial charge on any atom is 0.301 e. The molecule has 0 radical (unpaired) electrons. The van der Waals surface area contributed by atoms with Crippen LogP contribution in [0.4, 0.5) is 5.13 Å². The Morgan fingerprint density at radius 2 is 1.89 bits per heavy atom. The molecule has 198 valence electrons. The van der Waals surface area contributed by atoms with E-state index in [2.05, 4.69) is 17.1 Å². The van der Waals surface area contributed by atoms with Crippen molar-refractivity contribution >= 4 is 33.9 Å². The molecule has 1 N–H and O–H groups in total. The Labute approximate surface area is 223 Å². The minimum atomic E-state index is -0.978. The Balaban J connectivity index is 1.64. The number of carbonyl (C=O) groups excluding carboxylic acids is 2. The maximum absolute atomic E-state index is 13.4. The number of ether oxygens (including phenoxy) is 4. The molecule has 0 saturated carbocycles. The van der Waals surface area contributed by atoms with Gasteiger partial charge in [0, 0.05) is 5.56 Å². The topological polar surface area (TPSA) is 120 Å². The first-order chi connectivity index (χ1) is 18.4. The largest absolute Gasteiger partial charge is 0.507 e. The number of ketones is 1. The van der Waals surface area contributed by atoms with E-state index in [9.17, 15) is 14.7 Å². The van der Waals surface area contributed by atoms with Crippen LogP contribution in [-0.4, -0.2) is 53.9 Å². The van der Waals surface area contributed by atoms with Gasteiger partial charge in [-0.1, -0.05) is 30.7 Å². The third-order valence-corrected chi connectivity index (χ3v) is 7.08. The van der Waals surface area contributed by atoms with Gasteiger partial charge in [-0.05, 0) is 49.2 Å². The highest BCUT2D eigenvalue weighted by Crippen LogP contribution is 2.45. The number of aliphatic hydroxyl groups is 1. The fourth-order valence-corrected chi connectivity index (χ4v) is 5.09. The molecule has 0 aliphatic carbocycles. The van der Waals surface area contributed by atoms with Crippen molar-refractivity contribution in [3.63, 3.8) is 0 Å². The van der Waals surface area contributed by atoms with Crippen molar-refractivity contribution in [2.45, 2.75) is 32.7 Å². The van der Waals surface area contributed by atoms with Crippen LogP contribution in [0.5, 0.6) is 23.0 Å². The summed E-state index contributed by atoms with van der Waals surface area (Å²) in [6, 6.07) is 9.08. The molecular formula is C27H27N3O7S. The molecule has 0 bridgehead atoms. The number of nitrogens with zero attached hydrogens (tertiary/aromatic N) is 3. The maximum atomic E-state index is 13.4. The van der Waals surface area contributed by atoms with E-state index in [4.69, 9.17) is 18.9 Å². The lowest BCUT2D eigenvalue weighted by Gasteiger charge is -2.24. The summed E-state index contributed by atoms with van der Waals surface area (Å²) in [6.07, 6.45) is 1.87. The number of hydrogen-bond donors (Lipinski definition) is 1. The van der Waals surface area contributed by atoms with Gasteiger partial charge in [-0.15, -0.1) is 10.2 Å².